The van der Waals surface area contributed by atoms with E-state index in [9.17, 15) is 34.5 Å². The van der Waals surface area contributed by atoms with E-state index in [4.69, 9.17) is 4.74 Å². The number of nitrogens with zero attached hydrogens (tertiary/aromatic N) is 2. The lowest BCUT2D eigenvalue weighted by Crippen LogP contribution is -2.53. The maximum Gasteiger partial charge on any atom is 0.339 e. The van der Waals surface area contributed by atoms with Crippen LogP contribution in [0.25, 0.3) is 0 Å². The standard InChI is InChI=1S/C41H35N3O9/c1-21-8-11-24(12-9-21)42-44-37(48)30-20-29-26(15-16-28-34(29)38(49)43(36(28)47)25-13-14-27(39(50)51)31(45)19-25)35(22-10-17-33(53-2)32(46)18-22)41(30,40(44)52)23-6-4-3-5-7-23/h3-15,17-19,28-30,34-35,42,45-46H,16,20H2,1-2H3,(H,50,51). The molecule has 2 aliphatic heterocycles. The predicted molar refractivity (Wildman–Crippen MR) is 191 cm³/mol. The number of nitrogens with one attached hydrogen (secondary N) is 1. The van der Waals surface area contributed by atoms with E-state index in [0.717, 1.165) is 27.6 Å². The van der Waals surface area contributed by atoms with E-state index in [1.165, 1.54) is 19.2 Å². The molecule has 8 rings (SSSR count). The second kappa shape index (κ2) is 12.4. The van der Waals surface area contributed by atoms with Crippen LogP contribution in [-0.4, -0.2) is 57.0 Å². The summed E-state index contributed by atoms with van der Waals surface area (Å²) < 4.78 is 5.34. The smallest absolute Gasteiger partial charge is 0.339 e. The first-order chi connectivity index (χ1) is 25.5. The van der Waals surface area contributed by atoms with E-state index >= 15 is 4.79 Å². The van der Waals surface area contributed by atoms with Gasteiger partial charge in [-0.05, 0) is 73.2 Å². The number of carbonyl (C=O) groups excluding carboxylic acids is 4. The van der Waals surface area contributed by atoms with Gasteiger partial charge in [0.25, 0.3) is 11.8 Å². The number of carboxylic acids is 1. The number of ether oxygens (including phenoxy) is 1. The maximum absolute atomic E-state index is 15.2. The second-order valence-electron chi connectivity index (χ2n) is 14.0. The van der Waals surface area contributed by atoms with Gasteiger partial charge in [0.15, 0.2) is 11.5 Å². The summed E-state index contributed by atoms with van der Waals surface area (Å²) in [7, 11) is 1.42. The number of rotatable bonds is 7. The number of hydrogen-bond donors (Lipinski definition) is 4. The lowest BCUT2D eigenvalue weighted by Gasteiger charge is -2.50. The summed E-state index contributed by atoms with van der Waals surface area (Å²) >= 11 is 0. The fourth-order valence-corrected chi connectivity index (χ4v) is 9.10. The van der Waals surface area contributed by atoms with Gasteiger partial charge in [0.05, 0.1) is 41.7 Å². The molecule has 4 aromatic carbocycles. The molecule has 12 heteroatoms. The fraction of sp³-hybridized carbons (Fsp3) is 0.244. The number of benzene rings is 4. The molecule has 6 unspecified atom stereocenters. The van der Waals surface area contributed by atoms with Gasteiger partial charge in [-0.2, -0.15) is 5.01 Å². The summed E-state index contributed by atoms with van der Waals surface area (Å²) in [5.41, 5.74) is 4.52. The van der Waals surface area contributed by atoms with Gasteiger partial charge in [-0.25, -0.2) is 9.69 Å². The molecule has 2 aliphatic carbocycles. The molecular weight excluding hydrogens is 678 g/mol. The van der Waals surface area contributed by atoms with Crippen molar-refractivity contribution in [2.45, 2.75) is 31.1 Å². The molecule has 2 saturated heterocycles. The molecule has 0 spiro atoms. The fourth-order valence-electron chi connectivity index (χ4n) is 9.10. The highest BCUT2D eigenvalue weighted by molar-refractivity contribution is 6.23. The van der Waals surface area contributed by atoms with Crippen LogP contribution in [0.1, 0.15) is 45.8 Å². The number of imide groups is 2. The molecule has 12 nitrogen and oxygen atoms in total. The number of phenols is 2. The van der Waals surface area contributed by atoms with Crippen molar-refractivity contribution in [2.24, 2.45) is 23.7 Å². The average molecular weight is 714 g/mol. The zero-order valence-electron chi connectivity index (χ0n) is 28.7. The van der Waals surface area contributed by atoms with Gasteiger partial charge in [-0.1, -0.05) is 65.7 Å². The van der Waals surface area contributed by atoms with E-state index in [-0.39, 0.29) is 35.6 Å². The van der Waals surface area contributed by atoms with Crippen LogP contribution in [-0.2, 0) is 24.6 Å². The summed E-state index contributed by atoms with van der Waals surface area (Å²) in [4.78, 5) is 71.1. The Kier molecular flexibility index (Phi) is 7.86. The molecule has 4 amide bonds. The molecule has 4 aliphatic rings. The first-order valence-corrected chi connectivity index (χ1v) is 17.3. The van der Waals surface area contributed by atoms with Gasteiger partial charge in [0.1, 0.15) is 11.3 Å². The summed E-state index contributed by atoms with van der Waals surface area (Å²) in [6.45, 7) is 1.93. The van der Waals surface area contributed by atoms with Crippen LogP contribution in [0.3, 0.4) is 0 Å². The number of phenolic OH excluding ortho intramolecular Hbond substituents is 1. The number of anilines is 2. The van der Waals surface area contributed by atoms with E-state index in [1.54, 1.807) is 36.4 Å². The lowest BCUT2D eigenvalue weighted by molar-refractivity contribution is -0.138. The lowest BCUT2D eigenvalue weighted by atomic mass is 9.49. The third-order valence-corrected chi connectivity index (χ3v) is 11.4. The molecule has 53 heavy (non-hydrogen) atoms. The van der Waals surface area contributed by atoms with E-state index < -0.39 is 70.4 Å². The minimum Gasteiger partial charge on any atom is -0.507 e. The predicted octanol–water partition coefficient (Wildman–Crippen LogP) is 5.30. The van der Waals surface area contributed by atoms with Crippen LogP contribution >= 0.6 is 0 Å². The molecule has 4 aromatic rings. The SMILES string of the molecule is COc1ccc(C2C3=CCC4C(=O)N(c5ccc(C(=O)O)c(O)c5)C(=O)C4C3CC3C(=O)N(Nc4ccc(C)cc4)C(=O)C32c2ccccc2)cc1O. The topological polar surface area (TPSA) is 174 Å². The molecule has 0 bridgehead atoms. The summed E-state index contributed by atoms with van der Waals surface area (Å²) in [5.74, 6) is -8.21. The molecule has 4 N–H and O–H groups in total. The molecule has 6 atom stereocenters. The molecule has 268 valence electrons. The third-order valence-electron chi connectivity index (χ3n) is 11.4. The van der Waals surface area contributed by atoms with Crippen molar-refractivity contribution in [3.63, 3.8) is 0 Å². The van der Waals surface area contributed by atoms with E-state index in [0.29, 0.717) is 22.4 Å². The molecule has 2 heterocycles. The van der Waals surface area contributed by atoms with Crippen LogP contribution in [0.2, 0.25) is 0 Å². The number of aryl methyl sites for hydroxylation is 1. The largest absolute Gasteiger partial charge is 0.507 e. The Bertz CT molecular complexity index is 2250. The number of hydrogen-bond acceptors (Lipinski definition) is 9. The highest BCUT2D eigenvalue weighted by Gasteiger charge is 2.70. The Morgan fingerprint density at radius 1 is 0.849 bits per heavy atom. The second-order valence-corrected chi connectivity index (χ2v) is 14.0. The third kappa shape index (κ3) is 4.92. The van der Waals surface area contributed by atoms with Crippen molar-refractivity contribution in [1.29, 1.82) is 0 Å². The summed E-state index contributed by atoms with van der Waals surface area (Å²) in [6, 6.07) is 24.7. The monoisotopic (exact) mass is 713 g/mol. The van der Waals surface area contributed by atoms with Crippen molar-refractivity contribution in [3.05, 3.63) is 125 Å². The molecule has 1 saturated carbocycles. The number of carboxylic acid groups (broad SMARTS) is 1. The van der Waals surface area contributed by atoms with Gasteiger partial charge in [-0.3, -0.25) is 24.6 Å². The number of amides is 4. The Balaban J connectivity index is 1.30. The highest BCUT2D eigenvalue weighted by Crippen LogP contribution is 2.64. The number of aromatic hydroxyl groups is 2. The van der Waals surface area contributed by atoms with Crippen LogP contribution in [0.5, 0.6) is 17.2 Å². The van der Waals surface area contributed by atoms with Crippen molar-refractivity contribution < 1.29 is 44.0 Å². The molecule has 3 fully saturated rings. The van der Waals surface area contributed by atoms with Crippen molar-refractivity contribution in [3.8, 4) is 17.2 Å². The van der Waals surface area contributed by atoms with Gasteiger partial charge >= 0.3 is 5.97 Å². The first-order valence-electron chi connectivity index (χ1n) is 17.3. The Labute approximate surface area is 303 Å². The quantitative estimate of drug-likeness (QED) is 0.145. The highest BCUT2D eigenvalue weighted by atomic mass is 16.5. The zero-order valence-corrected chi connectivity index (χ0v) is 28.7. The van der Waals surface area contributed by atoms with Crippen LogP contribution < -0.4 is 15.1 Å². The number of hydrazine groups is 1. The van der Waals surface area contributed by atoms with Gasteiger partial charge in [0, 0.05) is 12.0 Å². The van der Waals surface area contributed by atoms with Crippen LogP contribution in [0.4, 0.5) is 11.4 Å². The molecule has 0 aromatic heterocycles. The van der Waals surface area contributed by atoms with Gasteiger partial charge < -0.3 is 20.1 Å². The van der Waals surface area contributed by atoms with Crippen molar-refractivity contribution in [1.82, 2.24) is 5.01 Å². The normalized spacial score (nSPS) is 26.2. The Morgan fingerprint density at radius 3 is 2.25 bits per heavy atom. The summed E-state index contributed by atoms with van der Waals surface area (Å²) in [5, 5.41) is 32.0. The van der Waals surface area contributed by atoms with Crippen LogP contribution in [0.15, 0.2) is 103 Å². The number of aromatic carboxylic acids is 1. The first kappa shape index (κ1) is 33.7. The maximum atomic E-state index is 15.2. The number of carbonyl (C=O) groups is 5. The summed E-state index contributed by atoms with van der Waals surface area (Å²) in [6.07, 6.45) is 2.11. The van der Waals surface area contributed by atoms with E-state index in [2.05, 4.69) is 5.43 Å². The van der Waals surface area contributed by atoms with Crippen molar-refractivity contribution in [2.75, 3.05) is 17.4 Å². The Morgan fingerprint density at radius 2 is 1.58 bits per heavy atom. The van der Waals surface area contributed by atoms with Gasteiger partial charge in [0.2, 0.25) is 11.8 Å². The molecular formula is C41H35N3O9. The zero-order chi connectivity index (χ0) is 37.3. The van der Waals surface area contributed by atoms with Crippen LogP contribution in [0, 0.1) is 30.6 Å². The molecule has 0 radical (unpaired) electrons. The minimum absolute atomic E-state index is 0.0325. The average Bonchev–Trinajstić information content (AvgIpc) is 3.53. The van der Waals surface area contributed by atoms with Crippen molar-refractivity contribution >= 4 is 41.0 Å². The Hall–Kier alpha value is -6.43. The van der Waals surface area contributed by atoms with Gasteiger partial charge in [-0.15, -0.1) is 0 Å². The number of fused-ring (bicyclic) bond motifs is 4. The number of methoxy groups -OCH3 is 1. The minimum atomic E-state index is -1.52. The van der Waals surface area contributed by atoms with E-state index in [1.807, 2.05) is 43.3 Å². The number of allylic oxidation sites excluding steroid dienone is 2.